The number of benzene rings is 2. The number of nitrogens with one attached hydrogen (secondary N) is 1. The van der Waals surface area contributed by atoms with Crippen LogP contribution >= 0.6 is 0 Å². The molecule has 3 aromatic rings. The smallest absolute Gasteiger partial charge is 0.254 e. The Morgan fingerprint density at radius 1 is 1.15 bits per heavy atom. The molecule has 0 bridgehead atoms. The molecule has 0 fully saturated rings. The number of aromatic nitrogens is 2. The SMILES string of the molecule is CC1Cc2ccccc2N1c1ncc(C(=O)NCc2ccccc2F)cn1. The van der Waals surface area contributed by atoms with Crippen LogP contribution in [0.5, 0.6) is 0 Å². The first kappa shape index (κ1) is 17.1. The number of anilines is 2. The van der Waals surface area contributed by atoms with E-state index in [9.17, 15) is 9.18 Å². The van der Waals surface area contributed by atoms with E-state index in [0.717, 1.165) is 12.1 Å². The number of hydrogen-bond donors (Lipinski definition) is 1. The van der Waals surface area contributed by atoms with Gasteiger partial charge in [0.05, 0.1) is 5.56 Å². The fraction of sp³-hybridized carbons (Fsp3) is 0.190. The topological polar surface area (TPSA) is 58.1 Å². The van der Waals surface area contributed by atoms with Crippen LogP contribution in [0.25, 0.3) is 0 Å². The summed E-state index contributed by atoms with van der Waals surface area (Å²) in [7, 11) is 0. The normalized spacial score (nSPS) is 15.5. The lowest BCUT2D eigenvalue weighted by Gasteiger charge is -2.22. The van der Waals surface area contributed by atoms with Crippen LogP contribution in [0.2, 0.25) is 0 Å². The van der Waals surface area contributed by atoms with E-state index < -0.39 is 0 Å². The Hall–Kier alpha value is -3.28. The number of carbonyl (C=O) groups is 1. The lowest BCUT2D eigenvalue weighted by atomic mass is 10.1. The van der Waals surface area contributed by atoms with Gasteiger partial charge < -0.3 is 10.2 Å². The molecule has 1 N–H and O–H groups in total. The molecular formula is C21H19FN4O. The molecular weight excluding hydrogens is 343 g/mol. The molecule has 1 unspecified atom stereocenters. The van der Waals surface area contributed by atoms with Crippen molar-refractivity contribution >= 4 is 17.5 Å². The summed E-state index contributed by atoms with van der Waals surface area (Å²) >= 11 is 0. The maximum Gasteiger partial charge on any atom is 0.254 e. The number of fused-ring (bicyclic) bond motifs is 1. The fourth-order valence-corrected chi connectivity index (χ4v) is 3.35. The molecule has 6 heteroatoms. The molecule has 1 aliphatic heterocycles. The summed E-state index contributed by atoms with van der Waals surface area (Å²) < 4.78 is 13.6. The summed E-state index contributed by atoms with van der Waals surface area (Å²) in [6.07, 6.45) is 3.95. The highest BCUT2D eigenvalue weighted by molar-refractivity contribution is 5.93. The number of nitrogens with zero attached hydrogens (tertiary/aromatic N) is 3. The first-order valence-electron chi connectivity index (χ1n) is 8.84. The van der Waals surface area contributed by atoms with Crippen molar-refractivity contribution in [3.05, 3.63) is 83.4 Å². The number of rotatable bonds is 4. The minimum atomic E-state index is -0.342. The third-order valence-electron chi connectivity index (χ3n) is 4.72. The van der Waals surface area contributed by atoms with Crippen LogP contribution in [0.3, 0.4) is 0 Å². The van der Waals surface area contributed by atoms with Crippen molar-refractivity contribution in [3.8, 4) is 0 Å². The van der Waals surface area contributed by atoms with Crippen molar-refractivity contribution in [2.45, 2.75) is 25.9 Å². The van der Waals surface area contributed by atoms with Crippen molar-refractivity contribution in [1.82, 2.24) is 15.3 Å². The van der Waals surface area contributed by atoms with Crippen molar-refractivity contribution in [1.29, 1.82) is 0 Å². The number of hydrogen-bond acceptors (Lipinski definition) is 4. The molecule has 0 saturated heterocycles. The zero-order valence-corrected chi connectivity index (χ0v) is 14.9. The monoisotopic (exact) mass is 362 g/mol. The van der Waals surface area contributed by atoms with E-state index in [-0.39, 0.29) is 24.3 Å². The van der Waals surface area contributed by atoms with Crippen LogP contribution in [-0.2, 0) is 13.0 Å². The van der Waals surface area contributed by atoms with Gasteiger partial charge in [-0.05, 0) is 31.0 Å². The van der Waals surface area contributed by atoms with Crippen LogP contribution in [-0.4, -0.2) is 21.9 Å². The average molecular weight is 362 g/mol. The summed E-state index contributed by atoms with van der Waals surface area (Å²) in [6.45, 7) is 2.24. The van der Waals surface area contributed by atoms with Crippen molar-refractivity contribution < 1.29 is 9.18 Å². The zero-order chi connectivity index (χ0) is 18.8. The molecule has 136 valence electrons. The van der Waals surface area contributed by atoms with Gasteiger partial charge in [-0.1, -0.05) is 36.4 Å². The highest BCUT2D eigenvalue weighted by atomic mass is 19.1. The molecule has 0 aliphatic carbocycles. The molecule has 0 saturated carbocycles. The third kappa shape index (κ3) is 3.38. The Kier molecular flexibility index (Phi) is 4.54. The third-order valence-corrected chi connectivity index (χ3v) is 4.72. The minimum absolute atomic E-state index is 0.115. The van der Waals surface area contributed by atoms with Crippen LogP contribution in [0.1, 0.15) is 28.4 Å². The van der Waals surface area contributed by atoms with Gasteiger partial charge in [0.1, 0.15) is 5.82 Å². The Bertz CT molecular complexity index is 974. The molecule has 0 spiro atoms. The molecule has 0 radical (unpaired) electrons. The highest BCUT2D eigenvalue weighted by Crippen LogP contribution is 2.36. The van der Waals surface area contributed by atoms with E-state index in [1.165, 1.54) is 24.0 Å². The lowest BCUT2D eigenvalue weighted by Crippen LogP contribution is -2.27. The van der Waals surface area contributed by atoms with Gasteiger partial charge in [-0.2, -0.15) is 0 Å². The first-order chi connectivity index (χ1) is 13.1. The predicted octanol–water partition coefficient (Wildman–Crippen LogP) is 3.63. The minimum Gasteiger partial charge on any atom is -0.348 e. The summed E-state index contributed by atoms with van der Waals surface area (Å²) in [5, 5.41) is 2.70. The van der Waals surface area contributed by atoms with E-state index >= 15 is 0 Å². The standard InChI is InChI=1S/C21H19FN4O/c1-14-10-15-6-3-5-9-19(15)26(14)21-24-12-17(13-25-21)20(27)23-11-16-7-2-4-8-18(16)22/h2-9,12-14H,10-11H2,1H3,(H,23,27). The quantitative estimate of drug-likeness (QED) is 0.770. The molecule has 27 heavy (non-hydrogen) atoms. The first-order valence-corrected chi connectivity index (χ1v) is 8.84. The van der Waals surface area contributed by atoms with E-state index in [4.69, 9.17) is 0 Å². The van der Waals surface area contributed by atoms with Crippen LogP contribution < -0.4 is 10.2 Å². The largest absolute Gasteiger partial charge is 0.348 e. The van der Waals surface area contributed by atoms with Gasteiger partial charge in [-0.3, -0.25) is 4.79 Å². The van der Waals surface area contributed by atoms with Crippen molar-refractivity contribution in [2.24, 2.45) is 0 Å². The van der Waals surface area contributed by atoms with E-state index in [1.54, 1.807) is 18.2 Å². The predicted molar refractivity (Wildman–Crippen MR) is 101 cm³/mol. The summed E-state index contributed by atoms with van der Waals surface area (Å²) in [4.78, 5) is 23.1. The Labute approximate surface area is 156 Å². The fourth-order valence-electron chi connectivity index (χ4n) is 3.35. The van der Waals surface area contributed by atoms with Crippen LogP contribution in [0.4, 0.5) is 16.0 Å². The molecule has 1 aliphatic rings. The Morgan fingerprint density at radius 2 is 1.85 bits per heavy atom. The zero-order valence-electron chi connectivity index (χ0n) is 14.9. The second-order valence-corrected chi connectivity index (χ2v) is 6.60. The maximum atomic E-state index is 13.6. The van der Waals surface area contributed by atoms with E-state index in [1.807, 2.05) is 12.1 Å². The van der Waals surface area contributed by atoms with Gasteiger partial charge in [-0.25, -0.2) is 14.4 Å². The van der Waals surface area contributed by atoms with Gasteiger partial charge in [-0.15, -0.1) is 0 Å². The van der Waals surface area contributed by atoms with E-state index in [0.29, 0.717) is 17.1 Å². The highest BCUT2D eigenvalue weighted by Gasteiger charge is 2.28. The molecule has 2 heterocycles. The molecule has 4 rings (SSSR count). The molecule has 5 nitrogen and oxygen atoms in total. The van der Waals surface area contributed by atoms with Crippen molar-refractivity contribution in [2.75, 3.05) is 4.90 Å². The lowest BCUT2D eigenvalue weighted by molar-refractivity contribution is 0.0950. The van der Waals surface area contributed by atoms with E-state index in [2.05, 4.69) is 39.2 Å². The van der Waals surface area contributed by atoms with Gasteiger partial charge in [0.15, 0.2) is 0 Å². The van der Waals surface area contributed by atoms with Gasteiger partial charge in [0.25, 0.3) is 5.91 Å². The number of para-hydroxylation sites is 1. The molecule has 1 atom stereocenters. The second kappa shape index (κ2) is 7.15. The van der Waals surface area contributed by atoms with Gasteiger partial charge >= 0.3 is 0 Å². The average Bonchev–Trinajstić information content (AvgIpc) is 3.03. The molecule has 1 aromatic heterocycles. The van der Waals surface area contributed by atoms with Crippen LogP contribution in [0, 0.1) is 5.82 Å². The Morgan fingerprint density at radius 3 is 2.63 bits per heavy atom. The maximum absolute atomic E-state index is 13.6. The molecule has 2 aromatic carbocycles. The van der Waals surface area contributed by atoms with Gasteiger partial charge in [0.2, 0.25) is 5.95 Å². The second-order valence-electron chi connectivity index (χ2n) is 6.60. The summed E-state index contributed by atoms with van der Waals surface area (Å²) in [5.74, 6) is -0.108. The Balaban J connectivity index is 1.48. The number of carbonyl (C=O) groups excluding carboxylic acids is 1. The van der Waals surface area contributed by atoms with Crippen LogP contribution in [0.15, 0.2) is 60.9 Å². The summed E-state index contributed by atoms with van der Waals surface area (Å²) in [6, 6.07) is 14.8. The number of halogens is 1. The summed E-state index contributed by atoms with van der Waals surface area (Å²) in [5.41, 5.74) is 3.14. The van der Waals surface area contributed by atoms with Crippen molar-refractivity contribution in [3.63, 3.8) is 0 Å². The van der Waals surface area contributed by atoms with Gasteiger partial charge in [0, 0.05) is 36.2 Å². The molecule has 1 amide bonds. The number of amides is 1.